The quantitative estimate of drug-likeness (QED) is 0.860. The van der Waals surface area contributed by atoms with Crippen LogP contribution >= 0.6 is 0 Å². The molecule has 4 nitrogen and oxygen atoms in total. The zero-order valence-electron chi connectivity index (χ0n) is 13.8. The van der Waals surface area contributed by atoms with E-state index >= 15 is 0 Å². The van der Waals surface area contributed by atoms with Crippen LogP contribution in [-0.2, 0) is 4.79 Å². The molecule has 124 valence electrons. The predicted octanol–water partition coefficient (Wildman–Crippen LogP) is 4.04. The van der Waals surface area contributed by atoms with Crippen molar-refractivity contribution >= 4 is 5.97 Å². The summed E-state index contributed by atoms with van der Waals surface area (Å²) in [6, 6.07) is 2.07. The average Bonchev–Trinajstić information content (AvgIpc) is 3.18. The molecule has 2 fully saturated rings. The van der Waals surface area contributed by atoms with Gasteiger partial charge in [0.2, 0.25) is 0 Å². The van der Waals surface area contributed by atoms with Crippen molar-refractivity contribution in [2.45, 2.75) is 56.3 Å². The molecule has 3 atom stereocenters. The number of rotatable bonds is 6. The molecule has 0 amide bonds. The Morgan fingerprint density at radius 2 is 1.87 bits per heavy atom. The van der Waals surface area contributed by atoms with E-state index in [2.05, 4.69) is 6.07 Å². The first kappa shape index (κ1) is 14.9. The predicted molar refractivity (Wildman–Crippen MR) is 86.6 cm³/mol. The van der Waals surface area contributed by atoms with Crippen LogP contribution in [0.2, 0.25) is 0 Å². The van der Waals surface area contributed by atoms with Gasteiger partial charge >= 0.3 is 5.97 Å². The Balaban J connectivity index is 1.86. The molecular weight excluding hydrogens is 292 g/mol. The molecule has 2 bridgehead atoms. The molecule has 3 aliphatic carbocycles. The molecule has 1 aromatic rings. The fraction of sp³-hybridized carbons (Fsp3) is 0.632. The molecule has 1 N–H and O–H groups in total. The van der Waals surface area contributed by atoms with Crippen molar-refractivity contribution in [2.75, 3.05) is 14.2 Å². The number of benzene rings is 1. The SMILES string of the molecule is COc1cc(C(CC(=O)O)C2CC2)c(OC)c2c1C1CCC2C1. The van der Waals surface area contributed by atoms with E-state index in [0.29, 0.717) is 17.8 Å². The third kappa shape index (κ3) is 2.30. The highest BCUT2D eigenvalue weighted by Gasteiger charge is 2.44. The van der Waals surface area contributed by atoms with E-state index in [1.165, 1.54) is 30.4 Å². The highest BCUT2D eigenvalue weighted by Crippen LogP contribution is 2.61. The number of carboxylic acid groups (broad SMARTS) is 1. The first-order chi connectivity index (χ1) is 11.1. The highest BCUT2D eigenvalue weighted by atomic mass is 16.5. The molecule has 3 aliphatic rings. The zero-order valence-corrected chi connectivity index (χ0v) is 13.8. The Kier molecular flexibility index (Phi) is 3.51. The Labute approximate surface area is 136 Å². The molecule has 0 saturated heterocycles. The van der Waals surface area contributed by atoms with E-state index in [1.54, 1.807) is 14.2 Å². The normalized spacial score (nSPS) is 26.0. The summed E-state index contributed by atoms with van der Waals surface area (Å²) in [6.45, 7) is 0. The second-order valence-electron chi connectivity index (χ2n) is 7.28. The number of fused-ring (bicyclic) bond motifs is 5. The minimum absolute atomic E-state index is 0.0424. The van der Waals surface area contributed by atoms with Gasteiger partial charge in [0.15, 0.2) is 0 Å². The second-order valence-corrected chi connectivity index (χ2v) is 7.28. The van der Waals surface area contributed by atoms with Gasteiger partial charge in [-0.25, -0.2) is 0 Å². The van der Waals surface area contributed by atoms with Gasteiger partial charge in [-0.1, -0.05) is 0 Å². The van der Waals surface area contributed by atoms with E-state index < -0.39 is 5.97 Å². The number of carboxylic acids is 1. The van der Waals surface area contributed by atoms with Crippen molar-refractivity contribution in [1.29, 1.82) is 0 Å². The minimum Gasteiger partial charge on any atom is -0.496 e. The summed E-state index contributed by atoms with van der Waals surface area (Å²) in [7, 11) is 3.45. The molecule has 2 saturated carbocycles. The number of carbonyl (C=O) groups is 1. The van der Waals surface area contributed by atoms with Crippen LogP contribution in [0.4, 0.5) is 0 Å². The van der Waals surface area contributed by atoms with Crippen LogP contribution in [0.25, 0.3) is 0 Å². The Hall–Kier alpha value is -1.71. The molecule has 0 aliphatic heterocycles. The molecule has 23 heavy (non-hydrogen) atoms. The van der Waals surface area contributed by atoms with Crippen LogP contribution < -0.4 is 9.47 Å². The van der Waals surface area contributed by atoms with Crippen molar-refractivity contribution < 1.29 is 19.4 Å². The van der Waals surface area contributed by atoms with E-state index in [0.717, 1.165) is 29.9 Å². The molecule has 4 heteroatoms. The number of hydrogen-bond acceptors (Lipinski definition) is 3. The van der Waals surface area contributed by atoms with Crippen molar-refractivity contribution in [3.05, 3.63) is 22.8 Å². The standard InChI is InChI=1S/C19H24O4/c1-22-15-8-14(13(9-16(20)21)10-3-4-10)19(23-2)18-12-6-5-11(7-12)17(15)18/h8,10-13H,3-7,9H2,1-2H3,(H,20,21). The van der Waals surface area contributed by atoms with Crippen LogP contribution in [0.1, 0.15) is 73.0 Å². The van der Waals surface area contributed by atoms with Gasteiger partial charge < -0.3 is 14.6 Å². The van der Waals surface area contributed by atoms with Crippen LogP contribution in [0.5, 0.6) is 11.5 Å². The summed E-state index contributed by atoms with van der Waals surface area (Å²) in [5.74, 6) is 2.83. The van der Waals surface area contributed by atoms with Gasteiger partial charge in [-0.2, -0.15) is 0 Å². The smallest absolute Gasteiger partial charge is 0.303 e. The zero-order chi connectivity index (χ0) is 16.1. The Morgan fingerprint density at radius 1 is 1.17 bits per heavy atom. The summed E-state index contributed by atoms with van der Waals surface area (Å²) >= 11 is 0. The topological polar surface area (TPSA) is 55.8 Å². The van der Waals surface area contributed by atoms with E-state index in [9.17, 15) is 9.90 Å². The third-order valence-electron chi connectivity index (χ3n) is 6.01. The fourth-order valence-corrected chi connectivity index (χ4v) is 4.92. The van der Waals surface area contributed by atoms with Gasteiger partial charge in [-0.15, -0.1) is 0 Å². The number of aliphatic carboxylic acids is 1. The maximum absolute atomic E-state index is 11.4. The van der Waals surface area contributed by atoms with E-state index in [-0.39, 0.29) is 12.3 Å². The average molecular weight is 316 g/mol. The highest BCUT2D eigenvalue weighted by molar-refractivity contribution is 5.70. The van der Waals surface area contributed by atoms with Crippen LogP contribution in [0.15, 0.2) is 6.07 Å². The van der Waals surface area contributed by atoms with Crippen molar-refractivity contribution in [3.63, 3.8) is 0 Å². The van der Waals surface area contributed by atoms with Crippen molar-refractivity contribution in [3.8, 4) is 11.5 Å². The van der Waals surface area contributed by atoms with Crippen molar-refractivity contribution in [1.82, 2.24) is 0 Å². The molecule has 0 radical (unpaired) electrons. The largest absolute Gasteiger partial charge is 0.496 e. The molecular formula is C19H24O4. The molecule has 0 heterocycles. The van der Waals surface area contributed by atoms with Crippen molar-refractivity contribution in [2.24, 2.45) is 5.92 Å². The fourth-order valence-electron chi connectivity index (χ4n) is 4.92. The first-order valence-electron chi connectivity index (χ1n) is 8.64. The van der Waals surface area contributed by atoms with E-state index in [1.807, 2.05) is 0 Å². The molecule has 4 rings (SSSR count). The summed E-state index contributed by atoms with van der Waals surface area (Å²) in [5.41, 5.74) is 3.70. The minimum atomic E-state index is -0.732. The lowest BCUT2D eigenvalue weighted by atomic mass is 9.83. The van der Waals surface area contributed by atoms with E-state index in [4.69, 9.17) is 9.47 Å². The van der Waals surface area contributed by atoms with Crippen LogP contribution in [0.3, 0.4) is 0 Å². The van der Waals surface area contributed by atoms with Gasteiger partial charge in [0.05, 0.1) is 20.6 Å². The van der Waals surface area contributed by atoms with Gasteiger partial charge in [0, 0.05) is 22.6 Å². The third-order valence-corrected chi connectivity index (χ3v) is 6.01. The maximum atomic E-state index is 11.4. The summed E-state index contributed by atoms with van der Waals surface area (Å²) < 4.78 is 11.5. The second kappa shape index (κ2) is 5.43. The number of hydrogen-bond donors (Lipinski definition) is 1. The number of ether oxygens (including phenoxy) is 2. The monoisotopic (exact) mass is 316 g/mol. The molecule has 0 aromatic heterocycles. The van der Waals surface area contributed by atoms with Crippen LogP contribution in [-0.4, -0.2) is 25.3 Å². The van der Waals surface area contributed by atoms with Gasteiger partial charge in [-0.3, -0.25) is 4.79 Å². The van der Waals surface area contributed by atoms with Gasteiger partial charge in [-0.05, 0) is 55.9 Å². The summed E-state index contributed by atoms with van der Waals surface area (Å²) in [4.78, 5) is 11.4. The van der Waals surface area contributed by atoms with Crippen LogP contribution in [0, 0.1) is 5.92 Å². The van der Waals surface area contributed by atoms with Gasteiger partial charge in [0.25, 0.3) is 0 Å². The Morgan fingerprint density at radius 3 is 2.43 bits per heavy atom. The lowest BCUT2D eigenvalue weighted by Gasteiger charge is -2.26. The summed E-state index contributed by atoms with van der Waals surface area (Å²) in [5, 5.41) is 9.34. The lowest BCUT2D eigenvalue weighted by molar-refractivity contribution is -0.137. The Bertz CT molecular complexity index is 647. The molecule has 3 unspecified atom stereocenters. The lowest BCUT2D eigenvalue weighted by Crippen LogP contribution is -2.13. The molecule has 0 spiro atoms. The maximum Gasteiger partial charge on any atom is 0.303 e. The van der Waals surface area contributed by atoms with Gasteiger partial charge in [0.1, 0.15) is 11.5 Å². The first-order valence-corrected chi connectivity index (χ1v) is 8.64. The molecule has 1 aromatic carbocycles. The number of methoxy groups -OCH3 is 2. The summed E-state index contributed by atoms with van der Waals surface area (Å²) in [6.07, 6.45) is 6.06.